The molecule has 0 atom stereocenters. The molecule has 4 heteroatoms. The molecule has 0 N–H and O–H groups in total. The summed E-state index contributed by atoms with van der Waals surface area (Å²) in [5.74, 6) is 1.75. The minimum atomic E-state index is 0.156. The second-order valence-corrected chi connectivity index (χ2v) is 6.84. The lowest BCUT2D eigenvalue weighted by Gasteiger charge is -2.34. The lowest BCUT2D eigenvalue weighted by Crippen LogP contribution is -2.33. The Morgan fingerprint density at radius 2 is 1.85 bits per heavy atom. The Labute approximate surface area is 140 Å². The molecule has 0 radical (unpaired) electrons. The van der Waals surface area contributed by atoms with Gasteiger partial charge in [0.1, 0.15) is 5.82 Å². The fourth-order valence-corrected chi connectivity index (χ4v) is 3.75. The molecule has 0 spiro atoms. The van der Waals surface area contributed by atoms with Gasteiger partial charge in [-0.25, -0.2) is 4.98 Å². The third kappa shape index (κ3) is 2.71. The van der Waals surface area contributed by atoms with Crippen molar-refractivity contribution in [1.29, 1.82) is 0 Å². The summed E-state index contributed by atoms with van der Waals surface area (Å²) in [5, 5.41) is 0. The number of fused-ring (bicyclic) bond motifs is 1. The van der Waals surface area contributed by atoms with E-state index in [1.807, 2.05) is 0 Å². The Morgan fingerprint density at radius 1 is 1.20 bits per heavy atom. The summed E-state index contributed by atoms with van der Waals surface area (Å²) >= 11 is 8.34. The highest BCUT2D eigenvalue weighted by Gasteiger charge is 2.30. The maximum absolute atomic E-state index is 5.99. The first-order valence-electron chi connectivity index (χ1n) is 7.35. The number of halogens is 2. The van der Waals surface area contributed by atoms with Crippen LogP contribution in [0.3, 0.4) is 0 Å². The molecule has 0 saturated heterocycles. The topological polar surface area (TPSA) is 17.8 Å². The molecule has 1 aromatic carbocycles. The van der Waals surface area contributed by atoms with Gasteiger partial charge in [-0.2, -0.15) is 0 Å². The van der Waals surface area contributed by atoms with Crippen LogP contribution in [0.1, 0.15) is 45.9 Å². The minimum absolute atomic E-state index is 0.156. The molecule has 2 nitrogen and oxygen atoms in total. The van der Waals surface area contributed by atoms with E-state index in [4.69, 9.17) is 16.6 Å². The van der Waals surface area contributed by atoms with E-state index in [0.29, 0.717) is 5.88 Å². The Morgan fingerprint density at radius 3 is 2.40 bits per heavy atom. The lowest BCUT2D eigenvalue weighted by atomic mass is 9.89. The van der Waals surface area contributed by atoms with Gasteiger partial charge in [0.25, 0.3) is 0 Å². The van der Waals surface area contributed by atoms with Gasteiger partial charge in [-0.1, -0.05) is 20.8 Å². The number of hydrogen-bond acceptors (Lipinski definition) is 1. The summed E-state index contributed by atoms with van der Waals surface area (Å²) in [6.07, 6.45) is 4.18. The molecule has 110 valence electrons. The minimum Gasteiger partial charge on any atom is -0.322 e. The Kier molecular flexibility index (Phi) is 5.35. The number of hydrogen-bond donors (Lipinski definition) is 0. The van der Waals surface area contributed by atoms with E-state index >= 15 is 0 Å². The first kappa shape index (κ1) is 16.1. The third-order valence-electron chi connectivity index (χ3n) is 4.45. The quantitative estimate of drug-likeness (QED) is 0.469. The van der Waals surface area contributed by atoms with E-state index in [1.165, 1.54) is 9.09 Å². The molecule has 2 rings (SSSR count). The molecule has 0 aliphatic carbocycles. The molecule has 20 heavy (non-hydrogen) atoms. The second kappa shape index (κ2) is 6.65. The van der Waals surface area contributed by atoms with Crippen LogP contribution in [0.25, 0.3) is 11.0 Å². The van der Waals surface area contributed by atoms with Crippen molar-refractivity contribution in [2.45, 2.75) is 52.0 Å². The number of aryl methyl sites for hydroxylation is 1. The van der Waals surface area contributed by atoms with Crippen LogP contribution in [0, 0.1) is 3.57 Å². The fraction of sp³-hybridized carbons (Fsp3) is 0.562. The van der Waals surface area contributed by atoms with Crippen LogP contribution < -0.4 is 0 Å². The van der Waals surface area contributed by atoms with E-state index < -0.39 is 0 Å². The fourth-order valence-electron chi connectivity index (χ4n) is 3.11. The molecule has 0 aliphatic heterocycles. The molecule has 1 aromatic heterocycles. The summed E-state index contributed by atoms with van der Waals surface area (Å²) < 4.78 is 3.69. The molecule has 0 unspecified atom stereocenters. The summed E-state index contributed by atoms with van der Waals surface area (Å²) in [4.78, 5) is 4.85. The maximum atomic E-state index is 5.99. The van der Waals surface area contributed by atoms with Crippen molar-refractivity contribution in [3.8, 4) is 0 Å². The van der Waals surface area contributed by atoms with E-state index in [0.717, 1.165) is 37.0 Å². The van der Waals surface area contributed by atoms with Crippen molar-refractivity contribution in [2.75, 3.05) is 5.88 Å². The zero-order chi connectivity index (χ0) is 14.8. The average Bonchev–Trinajstić information content (AvgIpc) is 2.80. The monoisotopic (exact) mass is 404 g/mol. The van der Waals surface area contributed by atoms with Crippen LogP contribution in [-0.4, -0.2) is 15.4 Å². The summed E-state index contributed by atoms with van der Waals surface area (Å²) in [6, 6.07) is 6.53. The number of rotatable bonds is 6. The van der Waals surface area contributed by atoms with Crippen LogP contribution in [0.4, 0.5) is 0 Å². The zero-order valence-corrected chi connectivity index (χ0v) is 15.3. The first-order chi connectivity index (χ1) is 9.61. The van der Waals surface area contributed by atoms with E-state index in [2.05, 4.69) is 66.1 Å². The zero-order valence-electron chi connectivity index (χ0n) is 12.4. The highest BCUT2D eigenvalue weighted by atomic mass is 127. The maximum Gasteiger partial charge on any atom is 0.111 e. The van der Waals surface area contributed by atoms with Crippen molar-refractivity contribution in [3.63, 3.8) is 0 Å². The van der Waals surface area contributed by atoms with Crippen LogP contribution in [0.2, 0.25) is 0 Å². The molecule has 0 saturated carbocycles. The Balaban J connectivity index is 2.73. The van der Waals surface area contributed by atoms with Gasteiger partial charge in [-0.05, 0) is 60.1 Å². The molecule has 0 amide bonds. The number of imidazole rings is 1. The van der Waals surface area contributed by atoms with Gasteiger partial charge in [0.05, 0.1) is 11.0 Å². The number of aromatic nitrogens is 2. The van der Waals surface area contributed by atoms with Gasteiger partial charge in [-0.15, -0.1) is 11.6 Å². The smallest absolute Gasteiger partial charge is 0.111 e. The summed E-state index contributed by atoms with van der Waals surface area (Å²) in [5.41, 5.74) is 2.50. The van der Waals surface area contributed by atoms with Gasteiger partial charge >= 0.3 is 0 Å². The van der Waals surface area contributed by atoms with E-state index in [1.54, 1.807) is 0 Å². The van der Waals surface area contributed by atoms with Gasteiger partial charge < -0.3 is 4.57 Å². The van der Waals surface area contributed by atoms with E-state index in [-0.39, 0.29) is 5.54 Å². The normalized spacial score (nSPS) is 12.2. The molecule has 0 fully saturated rings. The standard InChI is InChI=1S/C16H22ClIN2/c1-4-16(5-2,6-3)20-14-8-7-12(18)11-13(14)19-15(20)9-10-17/h7-8,11H,4-6,9-10H2,1-3H3. The van der Waals surface area contributed by atoms with Gasteiger partial charge in [0.2, 0.25) is 0 Å². The third-order valence-corrected chi connectivity index (χ3v) is 5.31. The largest absolute Gasteiger partial charge is 0.322 e. The van der Waals surface area contributed by atoms with E-state index in [9.17, 15) is 0 Å². The molecular weight excluding hydrogens is 383 g/mol. The predicted octanol–water partition coefficient (Wildman–Crippen LogP) is 5.35. The molecule has 0 aliphatic rings. The Hall–Kier alpha value is -0.290. The van der Waals surface area contributed by atoms with Crippen molar-refractivity contribution in [1.82, 2.24) is 9.55 Å². The molecule has 1 heterocycles. The molecular formula is C16H22ClIN2. The van der Waals surface area contributed by atoms with Crippen LogP contribution >= 0.6 is 34.2 Å². The number of nitrogens with zero attached hydrogens (tertiary/aromatic N) is 2. The van der Waals surface area contributed by atoms with Crippen molar-refractivity contribution in [2.24, 2.45) is 0 Å². The Bertz CT molecular complexity index is 579. The molecule has 0 bridgehead atoms. The highest BCUT2D eigenvalue weighted by molar-refractivity contribution is 14.1. The van der Waals surface area contributed by atoms with Crippen LogP contribution in [0.5, 0.6) is 0 Å². The average molecular weight is 405 g/mol. The second-order valence-electron chi connectivity index (χ2n) is 5.22. The summed E-state index contributed by atoms with van der Waals surface area (Å²) in [7, 11) is 0. The van der Waals surface area contributed by atoms with Crippen molar-refractivity contribution in [3.05, 3.63) is 27.6 Å². The SMILES string of the molecule is CCC(CC)(CC)n1c(CCCl)nc2cc(I)ccc21. The number of benzene rings is 1. The summed E-state index contributed by atoms with van der Waals surface area (Å²) in [6.45, 7) is 6.82. The van der Waals surface area contributed by atoms with Gasteiger partial charge in [0.15, 0.2) is 0 Å². The highest BCUT2D eigenvalue weighted by Crippen LogP contribution is 2.35. The van der Waals surface area contributed by atoms with Crippen molar-refractivity contribution < 1.29 is 0 Å². The van der Waals surface area contributed by atoms with Gasteiger partial charge in [-0.3, -0.25) is 0 Å². The van der Waals surface area contributed by atoms with Crippen LogP contribution in [0.15, 0.2) is 18.2 Å². The number of alkyl halides is 1. The van der Waals surface area contributed by atoms with Crippen molar-refractivity contribution >= 4 is 45.2 Å². The first-order valence-corrected chi connectivity index (χ1v) is 8.96. The molecule has 2 aromatic rings. The lowest BCUT2D eigenvalue weighted by molar-refractivity contribution is 0.251. The van der Waals surface area contributed by atoms with Gasteiger partial charge in [0, 0.05) is 21.4 Å². The predicted molar refractivity (Wildman–Crippen MR) is 95.7 cm³/mol. The van der Waals surface area contributed by atoms with Crippen LogP contribution in [-0.2, 0) is 12.0 Å².